The standard InChI is InChI=1S/C20H27N3O3/c24-20(10-7-16-5-8-19(9-6-16)23(25)26)21-15-17-11-13-22(14-12-17)18-3-1-2-4-18/h5-10,17-18H,1-4,11-15H2,(H,21,24)/b10-7+. The first-order valence-electron chi connectivity index (χ1n) is 9.56. The molecule has 0 unspecified atom stereocenters. The summed E-state index contributed by atoms with van der Waals surface area (Å²) in [7, 11) is 0. The Hall–Kier alpha value is -2.21. The van der Waals surface area contributed by atoms with Gasteiger partial charge in [0.1, 0.15) is 0 Å². The van der Waals surface area contributed by atoms with E-state index >= 15 is 0 Å². The van der Waals surface area contributed by atoms with E-state index in [9.17, 15) is 14.9 Å². The molecular weight excluding hydrogens is 330 g/mol. The van der Waals surface area contributed by atoms with Crippen LogP contribution in [0.4, 0.5) is 5.69 Å². The first kappa shape index (κ1) is 18.6. The molecule has 0 aromatic heterocycles. The third-order valence-electron chi connectivity index (χ3n) is 5.59. The Balaban J connectivity index is 1.38. The molecule has 1 saturated heterocycles. The van der Waals surface area contributed by atoms with Crippen LogP contribution < -0.4 is 5.32 Å². The van der Waals surface area contributed by atoms with Crippen molar-refractivity contribution in [2.24, 2.45) is 5.92 Å². The van der Waals surface area contributed by atoms with Gasteiger partial charge in [0, 0.05) is 30.8 Å². The van der Waals surface area contributed by atoms with Crippen molar-refractivity contribution in [3.8, 4) is 0 Å². The normalized spacial score (nSPS) is 19.8. The van der Waals surface area contributed by atoms with Gasteiger partial charge < -0.3 is 10.2 Å². The summed E-state index contributed by atoms with van der Waals surface area (Å²) in [6.07, 6.45) is 11.0. The lowest BCUT2D eigenvalue weighted by atomic mass is 9.95. The molecule has 0 atom stereocenters. The van der Waals surface area contributed by atoms with Gasteiger partial charge in [-0.15, -0.1) is 0 Å². The second-order valence-electron chi connectivity index (χ2n) is 7.34. The predicted molar refractivity (Wildman–Crippen MR) is 102 cm³/mol. The van der Waals surface area contributed by atoms with Gasteiger partial charge in [0.05, 0.1) is 4.92 Å². The second kappa shape index (κ2) is 8.94. The number of amides is 1. The van der Waals surface area contributed by atoms with E-state index in [0.717, 1.165) is 44.1 Å². The van der Waals surface area contributed by atoms with Crippen molar-refractivity contribution in [3.05, 3.63) is 46.0 Å². The molecule has 1 N–H and O–H groups in total. The summed E-state index contributed by atoms with van der Waals surface area (Å²) in [5.41, 5.74) is 0.825. The monoisotopic (exact) mass is 357 g/mol. The van der Waals surface area contributed by atoms with E-state index in [-0.39, 0.29) is 11.6 Å². The van der Waals surface area contributed by atoms with Crippen LogP contribution in [0.25, 0.3) is 6.08 Å². The number of carbonyl (C=O) groups is 1. The maximum Gasteiger partial charge on any atom is 0.269 e. The second-order valence-corrected chi connectivity index (χ2v) is 7.34. The van der Waals surface area contributed by atoms with Crippen LogP contribution >= 0.6 is 0 Å². The number of nitro benzene ring substituents is 1. The van der Waals surface area contributed by atoms with E-state index in [1.54, 1.807) is 18.2 Å². The van der Waals surface area contributed by atoms with Crippen LogP contribution in [0.15, 0.2) is 30.3 Å². The number of nitro groups is 1. The number of likely N-dealkylation sites (tertiary alicyclic amines) is 1. The Bertz CT molecular complexity index is 643. The van der Waals surface area contributed by atoms with Gasteiger partial charge in [-0.25, -0.2) is 0 Å². The minimum absolute atomic E-state index is 0.0514. The fourth-order valence-corrected chi connectivity index (χ4v) is 3.97. The summed E-state index contributed by atoms with van der Waals surface area (Å²) in [4.78, 5) is 24.8. The van der Waals surface area contributed by atoms with E-state index in [4.69, 9.17) is 0 Å². The molecule has 0 bridgehead atoms. The Kier molecular flexibility index (Phi) is 6.39. The quantitative estimate of drug-likeness (QED) is 0.481. The Labute approximate surface area is 154 Å². The van der Waals surface area contributed by atoms with E-state index in [0.29, 0.717) is 5.92 Å². The zero-order valence-electron chi connectivity index (χ0n) is 15.1. The molecule has 2 fully saturated rings. The number of piperidine rings is 1. The molecule has 1 amide bonds. The van der Waals surface area contributed by atoms with Crippen molar-refractivity contribution in [3.63, 3.8) is 0 Å². The first-order valence-corrected chi connectivity index (χ1v) is 9.56. The van der Waals surface area contributed by atoms with Crippen LogP contribution in [-0.2, 0) is 4.79 Å². The molecule has 0 spiro atoms. The van der Waals surface area contributed by atoms with E-state index in [1.807, 2.05) is 0 Å². The van der Waals surface area contributed by atoms with Gasteiger partial charge in [0.2, 0.25) is 5.91 Å². The molecule has 26 heavy (non-hydrogen) atoms. The largest absolute Gasteiger partial charge is 0.352 e. The number of hydrogen-bond donors (Lipinski definition) is 1. The Morgan fingerprint density at radius 3 is 2.42 bits per heavy atom. The molecular formula is C20H27N3O3. The number of benzene rings is 1. The number of nitrogens with zero attached hydrogens (tertiary/aromatic N) is 2. The zero-order valence-corrected chi connectivity index (χ0v) is 15.1. The summed E-state index contributed by atoms with van der Waals surface area (Å²) in [5.74, 6) is 0.450. The van der Waals surface area contributed by atoms with Gasteiger partial charge in [-0.1, -0.05) is 12.8 Å². The molecule has 6 nitrogen and oxygen atoms in total. The summed E-state index contributed by atoms with van der Waals surface area (Å²) >= 11 is 0. The van der Waals surface area contributed by atoms with E-state index < -0.39 is 4.92 Å². The molecule has 3 rings (SSSR count). The summed E-state index contributed by atoms with van der Waals surface area (Å²) in [5, 5.41) is 13.6. The molecule has 2 aliphatic rings. The van der Waals surface area contributed by atoms with Crippen LogP contribution in [-0.4, -0.2) is 41.4 Å². The van der Waals surface area contributed by atoms with Crippen LogP contribution in [0.3, 0.4) is 0 Å². The minimum Gasteiger partial charge on any atom is -0.352 e. The number of non-ortho nitro benzene ring substituents is 1. The highest BCUT2D eigenvalue weighted by atomic mass is 16.6. The van der Waals surface area contributed by atoms with E-state index in [1.165, 1.54) is 43.9 Å². The summed E-state index contributed by atoms with van der Waals surface area (Å²) < 4.78 is 0. The average molecular weight is 357 g/mol. The van der Waals surface area contributed by atoms with Gasteiger partial charge in [-0.3, -0.25) is 14.9 Å². The highest BCUT2D eigenvalue weighted by Gasteiger charge is 2.26. The molecule has 1 aromatic rings. The lowest BCUT2D eigenvalue weighted by Crippen LogP contribution is -2.42. The van der Waals surface area contributed by atoms with Gasteiger partial charge in [-0.05, 0) is 68.5 Å². The van der Waals surface area contributed by atoms with Crippen molar-refractivity contribution in [2.45, 2.75) is 44.6 Å². The fourth-order valence-electron chi connectivity index (χ4n) is 3.97. The Morgan fingerprint density at radius 1 is 1.15 bits per heavy atom. The number of nitrogens with one attached hydrogen (secondary N) is 1. The summed E-state index contributed by atoms with van der Waals surface area (Å²) in [6, 6.07) is 6.96. The van der Waals surface area contributed by atoms with Gasteiger partial charge in [0.15, 0.2) is 0 Å². The molecule has 1 aliphatic carbocycles. The number of rotatable bonds is 6. The highest BCUT2D eigenvalue weighted by Crippen LogP contribution is 2.27. The SMILES string of the molecule is O=C(/C=C/c1ccc([N+](=O)[O-])cc1)NCC1CCN(C2CCCC2)CC1. The predicted octanol–water partition coefficient (Wildman–Crippen LogP) is 3.38. The lowest BCUT2D eigenvalue weighted by Gasteiger charge is -2.36. The molecule has 1 heterocycles. The topological polar surface area (TPSA) is 75.5 Å². The van der Waals surface area contributed by atoms with Gasteiger partial charge in [-0.2, -0.15) is 0 Å². The van der Waals surface area contributed by atoms with Gasteiger partial charge >= 0.3 is 0 Å². The number of carbonyl (C=O) groups excluding carboxylic acids is 1. The third kappa shape index (κ3) is 5.14. The van der Waals surface area contributed by atoms with E-state index in [2.05, 4.69) is 10.2 Å². The average Bonchev–Trinajstić information content (AvgIpc) is 3.20. The smallest absolute Gasteiger partial charge is 0.269 e. The minimum atomic E-state index is -0.432. The fraction of sp³-hybridized carbons (Fsp3) is 0.550. The third-order valence-corrected chi connectivity index (χ3v) is 5.59. The lowest BCUT2D eigenvalue weighted by molar-refractivity contribution is -0.384. The summed E-state index contributed by atoms with van der Waals surface area (Å²) in [6.45, 7) is 3.04. The van der Waals surface area contributed by atoms with Crippen molar-refractivity contribution in [1.29, 1.82) is 0 Å². The van der Waals surface area contributed by atoms with Crippen LogP contribution in [0.1, 0.15) is 44.1 Å². The van der Waals surface area contributed by atoms with Crippen LogP contribution in [0.5, 0.6) is 0 Å². The van der Waals surface area contributed by atoms with Crippen molar-refractivity contribution in [2.75, 3.05) is 19.6 Å². The molecule has 0 radical (unpaired) electrons. The molecule has 1 aliphatic heterocycles. The van der Waals surface area contributed by atoms with Gasteiger partial charge in [0.25, 0.3) is 5.69 Å². The molecule has 6 heteroatoms. The highest BCUT2D eigenvalue weighted by molar-refractivity contribution is 5.91. The maximum absolute atomic E-state index is 12.0. The van der Waals surface area contributed by atoms with Crippen LogP contribution in [0, 0.1) is 16.0 Å². The maximum atomic E-state index is 12.0. The van der Waals surface area contributed by atoms with Crippen molar-refractivity contribution >= 4 is 17.7 Å². The van der Waals surface area contributed by atoms with Crippen molar-refractivity contribution < 1.29 is 9.72 Å². The molecule has 1 saturated carbocycles. The molecule has 1 aromatic carbocycles. The van der Waals surface area contributed by atoms with Crippen molar-refractivity contribution in [1.82, 2.24) is 10.2 Å². The Morgan fingerprint density at radius 2 is 1.81 bits per heavy atom. The number of hydrogen-bond acceptors (Lipinski definition) is 4. The first-order chi connectivity index (χ1) is 12.6. The molecule has 140 valence electrons. The zero-order chi connectivity index (χ0) is 18.4. The van der Waals surface area contributed by atoms with Crippen LogP contribution in [0.2, 0.25) is 0 Å².